The van der Waals surface area contributed by atoms with E-state index in [9.17, 15) is 18.0 Å². The van der Waals surface area contributed by atoms with Crippen LogP contribution in [0.15, 0.2) is 28.3 Å². The SMILES string of the molecule is CN(C1CCCCC1)S(=O)(=O)c1ccc(SCCC(=O)NC(=O)NC2CCCC2)nc1. The molecule has 0 radical (unpaired) electrons. The predicted molar refractivity (Wildman–Crippen MR) is 120 cm³/mol. The molecule has 0 aliphatic heterocycles. The molecular weight excluding hydrogens is 436 g/mol. The topological polar surface area (TPSA) is 108 Å². The first-order chi connectivity index (χ1) is 14.9. The Bertz CT molecular complexity index is 849. The molecule has 10 heteroatoms. The minimum atomic E-state index is -3.56. The van der Waals surface area contributed by atoms with E-state index in [1.54, 1.807) is 19.2 Å². The minimum absolute atomic E-state index is 0.0529. The second kappa shape index (κ2) is 11.3. The van der Waals surface area contributed by atoms with Crippen molar-refractivity contribution in [2.24, 2.45) is 0 Å². The van der Waals surface area contributed by atoms with Crippen LogP contribution in [0.3, 0.4) is 0 Å². The second-order valence-electron chi connectivity index (χ2n) is 8.25. The van der Waals surface area contributed by atoms with Gasteiger partial charge < -0.3 is 5.32 Å². The Morgan fingerprint density at radius 3 is 2.42 bits per heavy atom. The number of urea groups is 1. The van der Waals surface area contributed by atoms with Crippen LogP contribution in [0.1, 0.15) is 64.2 Å². The lowest BCUT2D eigenvalue weighted by atomic mass is 9.96. The van der Waals surface area contributed by atoms with Crippen LogP contribution >= 0.6 is 11.8 Å². The molecule has 0 aromatic carbocycles. The Hall–Kier alpha value is -1.65. The monoisotopic (exact) mass is 468 g/mol. The van der Waals surface area contributed by atoms with E-state index in [-0.39, 0.29) is 29.3 Å². The molecule has 31 heavy (non-hydrogen) atoms. The van der Waals surface area contributed by atoms with Gasteiger partial charge in [0.15, 0.2) is 0 Å². The fourth-order valence-corrected chi connectivity index (χ4v) is 6.29. The van der Waals surface area contributed by atoms with Crippen LogP contribution in [0.4, 0.5) is 4.79 Å². The number of thioether (sulfide) groups is 1. The molecule has 2 saturated carbocycles. The highest BCUT2D eigenvalue weighted by molar-refractivity contribution is 7.99. The first kappa shape index (κ1) is 24.0. The van der Waals surface area contributed by atoms with E-state index >= 15 is 0 Å². The van der Waals surface area contributed by atoms with Crippen molar-refractivity contribution in [1.82, 2.24) is 19.9 Å². The van der Waals surface area contributed by atoms with Crippen molar-refractivity contribution < 1.29 is 18.0 Å². The molecule has 172 valence electrons. The molecule has 2 fully saturated rings. The van der Waals surface area contributed by atoms with Gasteiger partial charge in [-0.1, -0.05) is 32.1 Å². The molecule has 0 bridgehead atoms. The third-order valence-electron chi connectivity index (χ3n) is 6.00. The summed E-state index contributed by atoms with van der Waals surface area (Å²) in [6, 6.07) is 3.02. The summed E-state index contributed by atoms with van der Waals surface area (Å²) in [6.45, 7) is 0. The molecule has 0 unspecified atom stereocenters. The number of carbonyl (C=O) groups excluding carboxylic acids is 2. The Labute approximate surface area is 189 Å². The molecule has 3 rings (SSSR count). The van der Waals surface area contributed by atoms with Gasteiger partial charge in [-0.05, 0) is 37.8 Å². The number of carbonyl (C=O) groups is 2. The zero-order chi connectivity index (χ0) is 22.3. The van der Waals surface area contributed by atoms with E-state index in [0.717, 1.165) is 51.4 Å². The largest absolute Gasteiger partial charge is 0.335 e. The summed E-state index contributed by atoms with van der Waals surface area (Å²) >= 11 is 1.35. The van der Waals surface area contributed by atoms with Crippen molar-refractivity contribution >= 4 is 33.7 Å². The Kier molecular flexibility index (Phi) is 8.74. The third-order valence-corrected chi connectivity index (χ3v) is 8.84. The molecule has 1 aromatic rings. The summed E-state index contributed by atoms with van der Waals surface area (Å²) in [6.07, 6.45) is 10.8. The number of hydrogen-bond acceptors (Lipinski definition) is 6. The molecular formula is C21H32N4O4S2. The van der Waals surface area contributed by atoms with Gasteiger partial charge in [0.1, 0.15) is 4.90 Å². The summed E-state index contributed by atoms with van der Waals surface area (Å²) < 4.78 is 27.2. The van der Waals surface area contributed by atoms with Crippen molar-refractivity contribution in [3.63, 3.8) is 0 Å². The maximum atomic E-state index is 12.9. The Morgan fingerprint density at radius 2 is 1.77 bits per heavy atom. The van der Waals surface area contributed by atoms with Crippen LogP contribution in [0.5, 0.6) is 0 Å². The van der Waals surface area contributed by atoms with Gasteiger partial charge in [-0.3, -0.25) is 10.1 Å². The van der Waals surface area contributed by atoms with Gasteiger partial charge in [0, 0.05) is 37.5 Å². The maximum Gasteiger partial charge on any atom is 0.321 e. The average Bonchev–Trinajstić information content (AvgIpc) is 3.27. The number of amides is 3. The Balaban J connectivity index is 1.43. The molecule has 1 heterocycles. The summed E-state index contributed by atoms with van der Waals surface area (Å²) in [5.41, 5.74) is 0. The fraction of sp³-hybridized carbons (Fsp3) is 0.667. The summed E-state index contributed by atoms with van der Waals surface area (Å²) in [5.74, 6) is 0.111. The molecule has 1 aromatic heterocycles. The summed E-state index contributed by atoms with van der Waals surface area (Å²) in [5, 5.41) is 5.82. The van der Waals surface area contributed by atoms with E-state index in [2.05, 4.69) is 15.6 Å². The van der Waals surface area contributed by atoms with Crippen LogP contribution in [0, 0.1) is 0 Å². The van der Waals surface area contributed by atoms with E-state index < -0.39 is 16.1 Å². The molecule has 2 N–H and O–H groups in total. The van der Waals surface area contributed by atoms with Crippen molar-refractivity contribution in [2.75, 3.05) is 12.8 Å². The lowest BCUT2D eigenvalue weighted by molar-refractivity contribution is -0.119. The highest BCUT2D eigenvalue weighted by Crippen LogP contribution is 2.27. The van der Waals surface area contributed by atoms with Crippen LogP contribution in [-0.4, -0.2) is 54.5 Å². The number of imide groups is 1. The van der Waals surface area contributed by atoms with Gasteiger partial charge in [-0.2, -0.15) is 4.31 Å². The number of nitrogens with one attached hydrogen (secondary N) is 2. The van der Waals surface area contributed by atoms with E-state index in [0.29, 0.717) is 10.8 Å². The number of pyridine rings is 1. The van der Waals surface area contributed by atoms with Gasteiger partial charge in [-0.15, -0.1) is 11.8 Å². The number of rotatable bonds is 8. The summed E-state index contributed by atoms with van der Waals surface area (Å²) in [4.78, 5) is 28.2. The van der Waals surface area contributed by atoms with Crippen molar-refractivity contribution in [3.05, 3.63) is 18.3 Å². The minimum Gasteiger partial charge on any atom is -0.335 e. The quantitative estimate of drug-likeness (QED) is 0.567. The highest BCUT2D eigenvalue weighted by atomic mass is 32.2. The normalized spacial score (nSPS) is 18.3. The number of hydrogen-bond donors (Lipinski definition) is 2. The Morgan fingerprint density at radius 1 is 1.10 bits per heavy atom. The van der Waals surface area contributed by atoms with Gasteiger partial charge in [0.25, 0.3) is 0 Å². The van der Waals surface area contributed by atoms with Crippen LogP contribution in [0.2, 0.25) is 0 Å². The van der Waals surface area contributed by atoms with Crippen LogP contribution in [-0.2, 0) is 14.8 Å². The van der Waals surface area contributed by atoms with Crippen LogP contribution < -0.4 is 10.6 Å². The first-order valence-electron chi connectivity index (χ1n) is 11.0. The standard InChI is InChI=1S/C21H32N4O4S2/c1-25(17-9-3-2-4-10-17)31(28,29)18-11-12-20(22-15-18)30-14-13-19(26)24-21(27)23-16-7-5-6-8-16/h11-12,15-17H,2-10,13-14H2,1H3,(H2,23,24,26,27). The first-order valence-corrected chi connectivity index (χ1v) is 13.5. The van der Waals surface area contributed by atoms with Crippen molar-refractivity contribution in [3.8, 4) is 0 Å². The molecule has 2 aliphatic carbocycles. The van der Waals surface area contributed by atoms with E-state index in [1.165, 1.54) is 28.7 Å². The molecule has 8 nitrogen and oxygen atoms in total. The highest BCUT2D eigenvalue weighted by Gasteiger charge is 2.29. The molecule has 0 spiro atoms. The lowest BCUT2D eigenvalue weighted by Gasteiger charge is -2.30. The average molecular weight is 469 g/mol. The van der Waals surface area contributed by atoms with Gasteiger partial charge >= 0.3 is 6.03 Å². The van der Waals surface area contributed by atoms with Crippen molar-refractivity contribution in [2.45, 2.75) is 86.2 Å². The van der Waals surface area contributed by atoms with Gasteiger partial charge in [-0.25, -0.2) is 18.2 Å². The number of nitrogens with zero attached hydrogens (tertiary/aromatic N) is 2. The van der Waals surface area contributed by atoms with E-state index in [1.807, 2.05) is 0 Å². The zero-order valence-corrected chi connectivity index (χ0v) is 19.6. The lowest BCUT2D eigenvalue weighted by Crippen LogP contribution is -2.43. The number of aromatic nitrogens is 1. The maximum absolute atomic E-state index is 12.9. The van der Waals surface area contributed by atoms with Gasteiger partial charge in [0.05, 0.1) is 5.03 Å². The van der Waals surface area contributed by atoms with Crippen molar-refractivity contribution in [1.29, 1.82) is 0 Å². The second-order valence-corrected chi connectivity index (χ2v) is 11.4. The van der Waals surface area contributed by atoms with Crippen LogP contribution in [0.25, 0.3) is 0 Å². The molecule has 3 amide bonds. The molecule has 2 aliphatic rings. The van der Waals surface area contributed by atoms with Gasteiger partial charge in [0.2, 0.25) is 15.9 Å². The predicted octanol–water partition coefficient (Wildman–Crippen LogP) is 3.29. The molecule has 0 saturated heterocycles. The smallest absolute Gasteiger partial charge is 0.321 e. The summed E-state index contributed by atoms with van der Waals surface area (Å²) in [7, 11) is -1.91. The number of sulfonamides is 1. The molecule has 0 atom stereocenters. The zero-order valence-electron chi connectivity index (χ0n) is 18.0. The fourth-order valence-electron chi connectivity index (χ4n) is 4.14. The third kappa shape index (κ3) is 6.92. The van der Waals surface area contributed by atoms with E-state index in [4.69, 9.17) is 0 Å².